The first-order valence-electron chi connectivity index (χ1n) is 8.41. The third-order valence-corrected chi connectivity index (χ3v) is 5.53. The third-order valence-electron chi connectivity index (χ3n) is 4.39. The number of hydrogen-bond donors (Lipinski definition) is 2. The molecule has 24 heavy (non-hydrogen) atoms. The van der Waals surface area contributed by atoms with Crippen molar-refractivity contribution in [3.8, 4) is 0 Å². The Morgan fingerprint density at radius 1 is 0.875 bits per heavy atom. The lowest BCUT2D eigenvalue weighted by atomic mass is 9.98. The minimum absolute atomic E-state index is 0.720. The SMILES string of the molecule is CCC(C)Cc1ccc(/C(S)=C(/S)c2ccc(N(C)C)cc2)cc1. The second kappa shape index (κ2) is 8.68. The summed E-state index contributed by atoms with van der Waals surface area (Å²) in [6.07, 6.45) is 2.34. The summed E-state index contributed by atoms with van der Waals surface area (Å²) >= 11 is 9.41. The van der Waals surface area contributed by atoms with Crippen LogP contribution in [0.4, 0.5) is 5.69 Å². The molecule has 0 radical (unpaired) electrons. The molecule has 2 aromatic rings. The zero-order chi connectivity index (χ0) is 17.7. The molecule has 0 spiro atoms. The fourth-order valence-electron chi connectivity index (χ4n) is 2.54. The second-order valence-corrected chi connectivity index (χ2v) is 7.45. The van der Waals surface area contributed by atoms with Crippen LogP contribution in [-0.2, 0) is 6.42 Å². The Hall–Kier alpha value is -1.32. The molecule has 1 nitrogen and oxygen atoms in total. The van der Waals surface area contributed by atoms with Crippen molar-refractivity contribution in [3.05, 3.63) is 65.2 Å². The van der Waals surface area contributed by atoms with Crippen molar-refractivity contribution in [1.29, 1.82) is 0 Å². The Morgan fingerprint density at radius 2 is 1.33 bits per heavy atom. The largest absolute Gasteiger partial charge is 0.378 e. The Labute approximate surface area is 157 Å². The van der Waals surface area contributed by atoms with E-state index in [2.05, 4.69) is 67.3 Å². The average molecular weight is 358 g/mol. The highest BCUT2D eigenvalue weighted by Gasteiger charge is 2.07. The van der Waals surface area contributed by atoms with E-state index in [0.717, 1.165) is 33.3 Å². The summed E-state index contributed by atoms with van der Waals surface area (Å²) in [6, 6.07) is 17.1. The maximum atomic E-state index is 4.71. The Morgan fingerprint density at radius 3 is 1.75 bits per heavy atom. The van der Waals surface area contributed by atoms with Crippen molar-refractivity contribution in [2.75, 3.05) is 19.0 Å². The monoisotopic (exact) mass is 357 g/mol. The topological polar surface area (TPSA) is 3.24 Å². The molecule has 0 aromatic heterocycles. The molecule has 0 N–H and O–H groups in total. The number of hydrogen-bond acceptors (Lipinski definition) is 3. The summed E-state index contributed by atoms with van der Waals surface area (Å²) in [7, 11) is 4.08. The predicted molar refractivity (Wildman–Crippen MR) is 115 cm³/mol. The highest BCUT2D eigenvalue weighted by Crippen LogP contribution is 2.33. The van der Waals surface area contributed by atoms with Crippen molar-refractivity contribution >= 4 is 40.8 Å². The minimum atomic E-state index is 0.720. The second-order valence-electron chi connectivity index (χ2n) is 6.55. The molecule has 0 saturated heterocycles. The standard InChI is InChI=1S/C21H27NS2/c1-5-15(2)14-16-6-8-17(9-7-16)20(23)21(24)18-10-12-19(13-11-18)22(3)4/h6-13,15,23-24H,5,14H2,1-4H3/b21-20-. The molecule has 0 saturated carbocycles. The van der Waals surface area contributed by atoms with Gasteiger partial charge in [0.25, 0.3) is 0 Å². The van der Waals surface area contributed by atoms with Crippen molar-refractivity contribution in [3.63, 3.8) is 0 Å². The Kier molecular flexibility index (Phi) is 6.88. The number of benzene rings is 2. The third kappa shape index (κ3) is 4.84. The molecule has 0 aliphatic heterocycles. The maximum absolute atomic E-state index is 4.71. The van der Waals surface area contributed by atoms with Crippen LogP contribution >= 0.6 is 25.3 Å². The van der Waals surface area contributed by atoms with Crippen LogP contribution in [0, 0.1) is 5.92 Å². The first-order chi connectivity index (χ1) is 11.4. The molecular weight excluding hydrogens is 330 g/mol. The van der Waals surface area contributed by atoms with E-state index < -0.39 is 0 Å². The minimum Gasteiger partial charge on any atom is -0.378 e. The molecule has 0 aliphatic rings. The van der Waals surface area contributed by atoms with Gasteiger partial charge in [-0.15, -0.1) is 25.3 Å². The molecule has 2 rings (SSSR count). The molecule has 128 valence electrons. The molecular formula is C21H27NS2. The van der Waals surface area contributed by atoms with Crippen molar-refractivity contribution < 1.29 is 0 Å². The van der Waals surface area contributed by atoms with Crippen LogP contribution in [-0.4, -0.2) is 14.1 Å². The summed E-state index contributed by atoms with van der Waals surface area (Å²) in [6.45, 7) is 4.53. The predicted octanol–water partition coefficient (Wildman–Crippen LogP) is 6.03. The van der Waals surface area contributed by atoms with Gasteiger partial charge in [-0.05, 0) is 41.2 Å². The summed E-state index contributed by atoms with van der Waals surface area (Å²) in [5, 5.41) is 0. The van der Waals surface area contributed by atoms with E-state index in [4.69, 9.17) is 25.3 Å². The van der Waals surface area contributed by atoms with Gasteiger partial charge < -0.3 is 4.90 Å². The zero-order valence-electron chi connectivity index (χ0n) is 15.0. The smallest absolute Gasteiger partial charge is 0.0361 e. The summed E-state index contributed by atoms with van der Waals surface area (Å²) in [5.41, 5.74) is 4.74. The van der Waals surface area contributed by atoms with Gasteiger partial charge in [-0.2, -0.15) is 0 Å². The van der Waals surface area contributed by atoms with Crippen molar-refractivity contribution in [1.82, 2.24) is 0 Å². The van der Waals surface area contributed by atoms with E-state index in [1.165, 1.54) is 17.7 Å². The summed E-state index contributed by atoms with van der Waals surface area (Å²) in [4.78, 5) is 3.90. The van der Waals surface area contributed by atoms with E-state index >= 15 is 0 Å². The van der Waals surface area contributed by atoms with E-state index in [1.54, 1.807) is 0 Å². The number of rotatable bonds is 6. The molecule has 0 amide bonds. The molecule has 0 fully saturated rings. The number of anilines is 1. The van der Waals surface area contributed by atoms with Crippen LogP contribution in [0.2, 0.25) is 0 Å². The number of thiol groups is 2. The lowest BCUT2D eigenvalue weighted by molar-refractivity contribution is 0.560. The van der Waals surface area contributed by atoms with Crippen LogP contribution < -0.4 is 4.90 Å². The van der Waals surface area contributed by atoms with Gasteiger partial charge in [0.05, 0.1) is 0 Å². The molecule has 1 unspecified atom stereocenters. The highest BCUT2D eigenvalue weighted by atomic mass is 32.1. The first-order valence-corrected chi connectivity index (χ1v) is 9.31. The van der Waals surface area contributed by atoms with Gasteiger partial charge in [-0.3, -0.25) is 0 Å². The van der Waals surface area contributed by atoms with Crippen LogP contribution in [0.5, 0.6) is 0 Å². The van der Waals surface area contributed by atoms with Gasteiger partial charge in [0.1, 0.15) is 0 Å². The quantitative estimate of drug-likeness (QED) is 0.472. The normalized spacial score (nSPS) is 13.4. The van der Waals surface area contributed by atoms with E-state index in [-0.39, 0.29) is 0 Å². The Bertz CT molecular complexity index is 685. The van der Waals surface area contributed by atoms with Gasteiger partial charge in [-0.1, -0.05) is 56.7 Å². The van der Waals surface area contributed by atoms with E-state index in [0.29, 0.717) is 0 Å². The molecule has 3 heteroatoms. The molecule has 2 aromatic carbocycles. The highest BCUT2D eigenvalue weighted by molar-refractivity contribution is 7.96. The zero-order valence-corrected chi connectivity index (χ0v) is 16.7. The molecule has 0 bridgehead atoms. The van der Waals surface area contributed by atoms with Gasteiger partial charge in [0.15, 0.2) is 0 Å². The van der Waals surface area contributed by atoms with Crippen LogP contribution in [0.3, 0.4) is 0 Å². The lowest BCUT2D eigenvalue weighted by Crippen LogP contribution is -2.08. The van der Waals surface area contributed by atoms with E-state index in [1.807, 2.05) is 14.1 Å². The van der Waals surface area contributed by atoms with Gasteiger partial charge >= 0.3 is 0 Å². The summed E-state index contributed by atoms with van der Waals surface area (Å²) < 4.78 is 0. The lowest BCUT2D eigenvalue weighted by Gasteiger charge is -2.14. The van der Waals surface area contributed by atoms with Crippen LogP contribution in [0.15, 0.2) is 48.5 Å². The van der Waals surface area contributed by atoms with Gasteiger partial charge in [0, 0.05) is 29.6 Å². The van der Waals surface area contributed by atoms with Crippen LogP contribution in [0.1, 0.15) is 37.0 Å². The molecule has 1 atom stereocenters. The van der Waals surface area contributed by atoms with Crippen molar-refractivity contribution in [2.24, 2.45) is 5.92 Å². The van der Waals surface area contributed by atoms with Gasteiger partial charge in [-0.25, -0.2) is 0 Å². The number of nitrogens with zero attached hydrogens (tertiary/aromatic N) is 1. The fraction of sp³-hybridized carbons (Fsp3) is 0.333. The first kappa shape index (κ1) is 19.0. The molecule has 0 heterocycles. The van der Waals surface area contributed by atoms with E-state index in [9.17, 15) is 0 Å². The Balaban J connectivity index is 2.21. The maximum Gasteiger partial charge on any atom is 0.0361 e. The fourth-order valence-corrected chi connectivity index (χ4v) is 3.09. The van der Waals surface area contributed by atoms with Crippen LogP contribution in [0.25, 0.3) is 9.81 Å². The average Bonchev–Trinajstić information content (AvgIpc) is 2.61. The van der Waals surface area contributed by atoms with Gasteiger partial charge in [0.2, 0.25) is 0 Å². The molecule has 0 aliphatic carbocycles. The summed E-state index contributed by atoms with van der Waals surface area (Å²) in [5.74, 6) is 0.720. The van der Waals surface area contributed by atoms with Crippen molar-refractivity contribution in [2.45, 2.75) is 26.7 Å².